The van der Waals surface area contributed by atoms with E-state index in [0.717, 1.165) is 46.6 Å². The summed E-state index contributed by atoms with van der Waals surface area (Å²) >= 11 is 0. The lowest BCUT2D eigenvalue weighted by atomic mass is 10.1. The molecule has 3 aromatic heterocycles. The third kappa shape index (κ3) is 3.48. The van der Waals surface area contributed by atoms with Gasteiger partial charge in [-0.1, -0.05) is 30.3 Å². The standard InChI is InChI=1S/C24H23N5O2/c1-15-13-19-17(22(25)30)9-5-11-29(19)20(15)23-27-18-10-6-12-31-21(18)24(28-23)26-14-16-7-3-2-4-8-16/h2-5,7-9,11,13H,6,10,12,14H2,1H3,(H2,25,30)(H,26,27,28). The van der Waals surface area contributed by atoms with Crippen LogP contribution in [-0.2, 0) is 13.0 Å². The molecule has 0 unspecified atom stereocenters. The number of nitrogens with zero attached hydrogens (tertiary/aromatic N) is 3. The quantitative estimate of drug-likeness (QED) is 0.520. The Morgan fingerprint density at radius 3 is 2.84 bits per heavy atom. The molecular formula is C24H23N5O2. The number of fused-ring (bicyclic) bond motifs is 2. The van der Waals surface area contributed by atoms with Gasteiger partial charge in [0.2, 0.25) is 0 Å². The van der Waals surface area contributed by atoms with Crippen molar-refractivity contribution in [3.63, 3.8) is 0 Å². The summed E-state index contributed by atoms with van der Waals surface area (Å²) in [6.07, 6.45) is 3.65. The number of carbonyl (C=O) groups excluding carboxylic acids is 1. The van der Waals surface area contributed by atoms with E-state index in [1.165, 1.54) is 0 Å². The first-order valence-corrected chi connectivity index (χ1v) is 10.3. The van der Waals surface area contributed by atoms with Crippen LogP contribution in [0.4, 0.5) is 5.82 Å². The van der Waals surface area contributed by atoms with Crippen molar-refractivity contribution in [3.05, 3.63) is 77.1 Å². The van der Waals surface area contributed by atoms with E-state index < -0.39 is 5.91 Å². The van der Waals surface area contributed by atoms with Gasteiger partial charge in [-0.2, -0.15) is 0 Å². The molecule has 0 atom stereocenters. The Hall–Kier alpha value is -3.87. The molecule has 7 nitrogen and oxygen atoms in total. The number of carbonyl (C=O) groups is 1. The largest absolute Gasteiger partial charge is 0.488 e. The molecule has 0 saturated carbocycles. The highest BCUT2D eigenvalue weighted by Crippen LogP contribution is 2.35. The fourth-order valence-corrected chi connectivity index (χ4v) is 4.06. The van der Waals surface area contributed by atoms with Gasteiger partial charge in [0.15, 0.2) is 17.4 Å². The fourth-order valence-electron chi connectivity index (χ4n) is 4.06. The summed E-state index contributed by atoms with van der Waals surface area (Å²) in [4.78, 5) is 21.6. The van der Waals surface area contributed by atoms with Gasteiger partial charge in [0.05, 0.1) is 29.1 Å². The number of ether oxygens (including phenoxy) is 1. The van der Waals surface area contributed by atoms with E-state index in [1.54, 1.807) is 6.07 Å². The lowest BCUT2D eigenvalue weighted by Gasteiger charge is -2.21. The molecule has 7 heteroatoms. The molecule has 3 N–H and O–H groups in total. The van der Waals surface area contributed by atoms with Crippen LogP contribution in [0.25, 0.3) is 17.0 Å². The van der Waals surface area contributed by atoms with Gasteiger partial charge in [0, 0.05) is 12.7 Å². The third-order valence-corrected chi connectivity index (χ3v) is 5.52. The summed E-state index contributed by atoms with van der Waals surface area (Å²) < 4.78 is 7.86. The predicted molar refractivity (Wildman–Crippen MR) is 119 cm³/mol. The molecule has 0 fully saturated rings. The predicted octanol–water partition coefficient (Wildman–Crippen LogP) is 3.74. The molecule has 1 aliphatic heterocycles. The lowest BCUT2D eigenvalue weighted by Crippen LogP contribution is -2.15. The molecule has 5 rings (SSSR count). The van der Waals surface area contributed by atoms with E-state index >= 15 is 0 Å². The van der Waals surface area contributed by atoms with Gasteiger partial charge in [-0.3, -0.25) is 4.79 Å². The van der Waals surface area contributed by atoms with E-state index in [2.05, 4.69) is 17.4 Å². The molecule has 4 aromatic rings. The van der Waals surface area contributed by atoms with Gasteiger partial charge < -0.3 is 20.2 Å². The number of amides is 1. The number of nitrogens with one attached hydrogen (secondary N) is 1. The van der Waals surface area contributed by atoms with E-state index in [-0.39, 0.29) is 0 Å². The smallest absolute Gasteiger partial charge is 0.250 e. The minimum absolute atomic E-state index is 0.459. The van der Waals surface area contributed by atoms with E-state index in [0.29, 0.717) is 30.4 Å². The maximum Gasteiger partial charge on any atom is 0.250 e. The molecule has 1 amide bonds. The summed E-state index contributed by atoms with van der Waals surface area (Å²) in [6.45, 7) is 3.28. The number of nitrogens with two attached hydrogens (primary N) is 1. The Labute approximate surface area is 179 Å². The Kier molecular flexibility index (Phi) is 4.78. The first kappa shape index (κ1) is 19.1. The van der Waals surface area contributed by atoms with Crippen molar-refractivity contribution in [1.82, 2.24) is 14.4 Å². The Morgan fingerprint density at radius 1 is 1.19 bits per heavy atom. The van der Waals surface area contributed by atoms with Crippen molar-refractivity contribution >= 4 is 17.2 Å². The molecule has 0 spiro atoms. The number of anilines is 1. The van der Waals surface area contributed by atoms with Gasteiger partial charge in [-0.15, -0.1) is 0 Å². The number of aryl methyl sites for hydroxylation is 2. The molecule has 156 valence electrons. The molecule has 1 aromatic carbocycles. The minimum atomic E-state index is -0.459. The third-order valence-electron chi connectivity index (χ3n) is 5.52. The highest BCUT2D eigenvalue weighted by atomic mass is 16.5. The van der Waals surface area contributed by atoms with Crippen LogP contribution in [0.3, 0.4) is 0 Å². The van der Waals surface area contributed by atoms with Crippen LogP contribution in [-0.4, -0.2) is 26.9 Å². The van der Waals surface area contributed by atoms with Gasteiger partial charge in [-0.25, -0.2) is 9.97 Å². The van der Waals surface area contributed by atoms with Crippen molar-refractivity contribution in [1.29, 1.82) is 0 Å². The summed E-state index contributed by atoms with van der Waals surface area (Å²) in [7, 11) is 0. The van der Waals surface area contributed by atoms with Crippen LogP contribution in [0, 0.1) is 6.92 Å². The zero-order chi connectivity index (χ0) is 21.4. The van der Waals surface area contributed by atoms with Crippen molar-refractivity contribution in [3.8, 4) is 17.3 Å². The number of aromatic nitrogens is 3. The van der Waals surface area contributed by atoms with Crippen molar-refractivity contribution in [2.75, 3.05) is 11.9 Å². The van der Waals surface area contributed by atoms with Gasteiger partial charge in [0.1, 0.15) is 0 Å². The molecule has 0 radical (unpaired) electrons. The van der Waals surface area contributed by atoms with E-state index in [1.807, 2.05) is 47.9 Å². The van der Waals surface area contributed by atoms with Crippen molar-refractivity contribution in [2.24, 2.45) is 5.73 Å². The Morgan fingerprint density at radius 2 is 2.03 bits per heavy atom. The monoisotopic (exact) mass is 413 g/mol. The Balaban J connectivity index is 1.62. The first-order valence-electron chi connectivity index (χ1n) is 10.3. The van der Waals surface area contributed by atoms with E-state index in [9.17, 15) is 4.79 Å². The highest BCUT2D eigenvalue weighted by Gasteiger charge is 2.23. The molecule has 31 heavy (non-hydrogen) atoms. The Bertz CT molecular complexity index is 1280. The molecule has 4 heterocycles. The topological polar surface area (TPSA) is 94.5 Å². The maximum absolute atomic E-state index is 11.9. The molecule has 0 aliphatic carbocycles. The summed E-state index contributed by atoms with van der Waals surface area (Å²) in [5.74, 6) is 1.55. The van der Waals surface area contributed by atoms with E-state index in [4.69, 9.17) is 20.4 Å². The van der Waals surface area contributed by atoms with Gasteiger partial charge in [-0.05, 0) is 49.1 Å². The maximum atomic E-state index is 11.9. The average molecular weight is 413 g/mol. The summed E-state index contributed by atoms with van der Waals surface area (Å²) in [6, 6.07) is 15.7. The van der Waals surface area contributed by atoms with Gasteiger partial charge in [0.25, 0.3) is 5.91 Å². The number of hydrogen-bond donors (Lipinski definition) is 2. The zero-order valence-electron chi connectivity index (χ0n) is 17.3. The SMILES string of the molecule is Cc1cc2c(C(N)=O)cccn2c1-c1nc2c(c(NCc3ccccc3)n1)OCCC2. The lowest BCUT2D eigenvalue weighted by molar-refractivity contribution is 0.100. The number of benzene rings is 1. The second kappa shape index (κ2) is 7.75. The summed E-state index contributed by atoms with van der Waals surface area (Å²) in [5.41, 5.74) is 10.7. The minimum Gasteiger partial charge on any atom is -0.488 e. The second-order valence-electron chi connectivity index (χ2n) is 7.68. The van der Waals surface area contributed by atoms with Crippen molar-refractivity contribution < 1.29 is 9.53 Å². The summed E-state index contributed by atoms with van der Waals surface area (Å²) in [5, 5.41) is 3.43. The molecule has 0 saturated heterocycles. The fraction of sp³-hybridized carbons (Fsp3) is 0.208. The van der Waals surface area contributed by atoms with Crippen LogP contribution in [0.2, 0.25) is 0 Å². The average Bonchev–Trinajstić information content (AvgIpc) is 3.13. The second-order valence-corrected chi connectivity index (χ2v) is 7.68. The van der Waals surface area contributed by atoms with Gasteiger partial charge >= 0.3 is 0 Å². The van der Waals surface area contributed by atoms with Crippen LogP contribution >= 0.6 is 0 Å². The number of hydrogen-bond acceptors (Lipinski definition) is 5. The van der Waals surface area contributed by atoms with Crippen LogP contribution in [0.5, 0.6) is 5.75 Å². The molecule has 1 aliphatic rings. The molecule has 0 bridgehead atoms. The van der Waals surface area contributed by atoms with Crippen LogP contribution in [0.15, 0.2) is 54.7 Å². The number of pyridine rings is 1. The normalized spacial score (nSPS) is 12.9. The van der Waals surface area contributed by atoms with Crippen LogP contribution in [0.1, 0.15) is 33.6 Å². The number of primary amides is 1. The van der Waals surface area contributed by atoms with Crippen molar-refractivity contribution in [2.45, 2.75) is 26.3 Å². The zero-order valence-corrected chi connectivity index (χ0v) is 17.3. The number of rotatable bonds is 5. The highest BCUT2D eigenvalue weighted by molar-refractivity contribution is 6.00. The van der Waals surface area contributed by atoms with Crippen LogP contribution < -0.4 is 15.8 Å². The first-order chi connectivity index (χ1) is 15.1. The molecular weight excluding hydrogens is 390 g/mol.